The topological polar surface area (TPSA) is 81.3 Å². The molecule has 6 nitrogen and oxygen atoms in total. The quantitative estimate of drug-likeness (QED) is 0.924. The number of rotatable bonds is 3. The van der Waals surface area contributed by atoms with Crippen molar-refractivity contribution in [3.05, 3.63) is 47.3 Å². The van der Waals surface area contributed by atoms with E-state index in [1.54, 1.807) is 11.1 Å². The van der Waals surface area contributed by atoms with Crippen LogP contribution in [0.15, 0.2) is 30.5 Å². The number of hydrogen-bond donors (Lipinski definition) is 1. The van der Waals surface area contributed by atoms with E-state index in [0.717, 1.165) is 29.0 Å². The summed E-state index contributed by atoms with van der Waals surface area (Å²) in [4.78, 5) is 22.2. The third-order valence-corrected chi connectivity index (χ3v) is 3.76. The maximum Gasteiger partial charge on any atom is 0.260 e. The molecule has 3 rings (SSSR count). The number of aryl methyl sites for hydroxylation is 1. The standard InChI is InChI=1S/C16H18N4O2/c1-11-4-2-3-5-14(11)22-10-15(21)20-7-6-12-8-18-16(17)19-13(12)9-20/h2-5,8H,6-7,9-10H2,1H3,(H2,17,18,19). The minimum atomic E-state index is -0.0499. The number of carbonyl (C=O) groups excluding carboxylic acids is 1. The average molecular weight is 298 g/mol. The van der Waals surface area contributed by atoms with Gasteiger partial charge in [0.15, 0.2) is 6.61 Å². The van der Waals surface area contributed by atoms with E-state index < -0.39 is 0 Å². The molecular weight excluding hydrogens is 280 g/mol. The summed E-state index contributed by atoms with van der Waals surface area (Å²) in [6.07, 6.45) is 2.48. The van der Waals surface area contributed by atoms with Crippen molar-refractivity contribution in [1.29, 1.82) is 0 Å². The first-order valence-electron chi connectivity index (χ1n) is 7.20. The smallest absolute Gasteiger partial charge is 0.260 e. The molecule has 22 heavy (non-hydrogen) atoms. The number of nitrogens with zero attached hydrogens (tertiary/aromatic N) is 3. The van der Waals surface area contributed by atoms with E-state index in [2.05, 4.69) is 9.97 Å². The van der Waals surface area contributed by atoms with Crippen LogP contribution in [0.1, 0.15) is 16.8 Å². The van der Waals surface area contributed by atoms with Crippen LogP contribution in [0.3, 0.4) is 0 Å². The zero-order chi connectivity index (χ0) is 15.5. The number of nitrogen functional groups attached to an aromatic ring is 1. The van der Waals surface area contributed by atoms with E-state index >= 15 is 0 Å². The van der Waals surface area contributed by atoms with Crippen LogP contribution in [0.25, 0.3) is 0 Å². The number of amides is 1. The van der Waals surface area contributed by atoms with Crippen molar-refractivity contribution in [1.82, 2.24) is 14.9 Å². The summed E-state index contributed by atoms with van der Waals surface area (Å²) >= 11 is 0. The summed E-state index contributed by atoms with van der Waals surface area (Å²) in [5.41, 5.74) is 8.49. The number of nitrogens with two attached hydrogens (primary N) is 1. The third-order valence-electron chi connectivity index (χ3n) is 3.76. The van der Waals surface area contributed by atoms with Gasteiger partial charge in [0, 0.05) is 12.7 Å². The fraction of sp³-hybridized carbons (Fsp3) is 0.312. The second-order valence-corrected chi connectivity index (χ2v) is 5.32. The highest BCUT2D eigenvalue weighted by Gasteiger charge is 2.22. The Morgan fingerprint density at radius 2 is 2.23 bits per heavy atom. The van der Waals surface area contributed by atoms with E-state index in [0.29, 0.717) is 13.1 Å². The molecule has 6 heteroatoms. The summed E-state index contributed by atoms with van der Waals surface area (Å²) in [6, 6.07) is 7.65. The summed E-state index contributed by atoms with van der Waals surface area (Å²) in [5, 5.41) is 0. The Balaban J connectivity index is 1.63. The molecule has 0 bridgehead atoms. The normalized spacial score (nSPS) is 13.6. The number of hydrogen-bond acceptors (Lipinski definition) is 5. The Hall–Kier alpha value is -2.63. The molecule has 0 spiro atoms. The molecule has 2 N–H and O–H groups in total. The number of anilines is 1. The van der Waals surface area contributed by atoms with Gasteiger partial charge in [-0.15, -0.1) is 0 Å². The summed E-state index contributed by atoms with van der Waals surface area (Å²) in [5.74, 6) is 0.926. The molecule has 0 atom stereocenters. The predicted octanol–water partition coefficient (Wildman–Crippen LogP) is 1.33. The fourth-order valence-electron chi connectivity index (χ4n) is 2.48. The first-order chi connectivity index (χ1) is 10.6. The zero-order valence-electron chi connectivity index (χ0n) is 12.5. The lowest BCUT2D eigenvalue weighted by Gasteiger charge is -2.28. The Kier molecular flexibility index (Phi) is 3.91. The van der Waals surface area contributed by atoms with Crippen LogP contribution in [0, 0.1) is 6.92 Å². The lowest BCUT2D eigenvalue weighted by atomic mass is 10.1. The van der Waals surface area contributed by atoms with Crippen LogP contribution in [-0.4, -0.2) is 33.9 Å². The SMILES string of the molecule is Cc1ccccc1OCC(=O)N1CCc2cnc(N)nc2C1. The Morgan fingerprint density at radius 3 is 3.05 bits per heavy atom. The molecule has 0 fully saturated rings. The van der Waals surface area contributed by atoms with Gasteiger partial charge >= 0.3 is 0 Å². The number of fused-ring (bicyclic) bond motifs is 1. The molecule has 0 radical (unpaired) electrons. The lowest BCUT2D eigenvalue weighted by Crippen LogP contribution is -2.39. The molecule has 2 aromatic rings. The first kappa shape index (κ1) is 14.3. The molecule has 2 heterocycles. The summed E-state index contributed by atoms with van der Waals surface area (Å²) in [7, 11) is 0. The van der Waals surface area contributed by atoms with Crippen LogP contribution in [0.5, 0.6) is 5.75 Å². The van der Waals surface area contributed by atoms with E-state index in [1.807, 2.05) is 31.2 Å². The first-order valence-corrected chi connectivity index (χ1v) is 7.20. The van der Waals surface area contributed by atoms with Crippen LogP contribution in [0.2, 0.25) is 0 Å². The molecule has 1 aromatic heterocycles. The van der Waals surface area contributed by atoms with Crippen LogP contribution >= 0.6 is 0 Å². The number of aromatic nitrogens is 2. The molecule has 0 unspecified atom stereocenters. The molecule has 1 amide bonds. The molecule has 1 aromatic carbocycles. The Bertz CT molecular complexity index is 702. The van der Waals surface area contributed by atoms with Gasteiger partial charge in [0.25, 0.3) is 5.91 Å². The van der Waals surface area contributed by atoms with Gasteiger partial charge in [-0.2, -0.15) is 0 Å². The van der Waals surface area contributed by atoms with Crippen LogP contribution < -0.4 is 10.5 Å². The monoisotopic (exact) mass is 298 g/mol. The Labute approximate surface area is 128 Å². The van der Waals surface area contributed by atoms with Gasteiger partial charge < -0.3 is 15.4 Å². The number of ether oxygens (including phenoxy) is 1. The maximum absolute atomic E-state index is 12.3. The van der Waals surface area contributed by atoms with Gasteiger partial charge in [-0.1, -0.05) is 18.2 Å². The molecule has 1 aliphatic rings. The molecule has 0 saturated carbocycles. The molecule has 0 aliphatic carbocycles. The van der Waals surface area contributed by atoms with Gasteiger partial charge in [0.05, 0.1) is 12.2 Å². The number of para-hydroxylation sites is 1. The summed E-state index contributed by atoms with van der Waals surface area (Å²) < 4.78 is 5.61. The van der Waals surface area contributed by atoms with Crippen molar-refractivity contribution < 1.29 is 9.53 Å². The van der Waals surface area contributed by atoms with Crippen molar-refractivity contribution in [2.45, 2.75) is 19.9 Å². The van der Waals surface area contributed by atoms with E-state index in [4.69, 9.17) is 10.5 Å². The lowest BCUT2D eigenvalue weighted by molar-refractivity contribution is -0.134. The van der Waals surface area contributed by atoms with Gasteiger partial charge in [-0.25, -0.2) is 9.97 Å². The van der Waals surface area contributed by atoms with E-state index in [-0.39, 0.29) is 18.5 Å². The average Bonchev–Trinajstić information content (AvgIpc) is 2.53. The fourth-order valence-corrected chi connectivity index (χ4v) is 2.48. The van der Waals surface area contributed by atoms with Crippen molar-refractivity contribution in [3.63, 3.8) is 0 Å². The third kappa shape index (κ3) is 3.00. The predicted molar refractivity (Wildman–Crippen MR) is 82.2 cm³/mol. The van der Waals surface area contributed by atoms with Crippen molar-refractivity contribution >= 4 is 11.9 Å². The number of benzene rings is 1. The second-order valence-electron chi connectivity index (χ2n) is 5.32. The minimum Gasteiger partial charge on any atom is -0.484 e. The number of carbonyl (C=O) groups is 1. The van der Waals surface area contributed by atoms with Gasteiger partial charge in [0.1, 0.15) is 5.75 Å². The highest BCUT2D eigenvalue weighted by Crippen LogP contribution is 2.19. The maximum atomic E-state index is 12.3. The summed E-state index contributed by atoms with van der Waals surface area (Å²) in [6.45, 7) is 3.09. The molecule has 114 valence electrons. The van der Waals surface area contributed by atoms with Crippen LogP contribution in [0.4, 0.5) is 5.95 Å². The molecule has 1 aliphatic heterocycles. The van der Waals surface area contributed by atoms with Crippen LogP contribution in [-0.2, 0) is 17.8 Å². The molecular formula is C16H18N4O2. The van der Waals surface area contributed by atoms with Gasteiger partial charge in [-0.05, 0) is 30.5 Å². The zero-order valence-corrected chi connectivity index (χ0v) is 12.5. The van der Waals surface area contributed by atoms with E-state index in [1.165, 1.54) is 0 Å². The second kappa shape index (κ2) is 6.01. The highest BCUT2D eigenvalue weighted by atomic mass is 16.5. The highest BCUT2D eigenvalue weighted by molar-refractivity contribution is 5.78. The Morgan fingerprint density at radius 1 is 1.41 bits per heavy atom. The molecule has 0 saturated heterocycles. The van der Waals surface area contributed by atoms with E-state index in [9.17, 15) is 4.79 Å². The van der Waals surface area contributed by atoms with Gasteiger partial charge in [0.2, 0.25) is 5.95 Å². The van der Waals surface area contributed by atoms with Gasteiger partial charge in [-0.3, -0.25) is 4.79 Å². The largest absolute Gasteiger partial charge is 0.484 e. The van der Waals surface area contributed by atoms with Crippen molar-refractivity contribution in [2.24, 2.45) is 0 Å². The van der Waals surface area contributed by atoms with Crippen molar-refractivity contribution in [2.75, 3.05) is 18.9 Å². The minimum absolute atomic E-state index is 0.0285. The van der Waals surface area contributed by atoms with Crippen molar-refractivity contribution in [3.8, 4) is 5.75 Å².